The summed E-state index contributed by atoms with van der Waals surface area (Å²) in [4.78, 5) is 24.5. The summed E-state index contributed by atoms with van der Waals surface area (Å²) in [6.07, 6.45) is 5.79. The van der Waals surface area contributed by atoms with Gasteiger partial charge >= 0.3 is 5.97 Å². The predicted octanol–water partition coefficient (Wildman–Crippen LogP) is 3.93. The summed E-state index contributed by atoms with van der Waals surface area (Å²) >= 11 is 0. The molecule has 0 aliphatic heterocycles. The van der Waals surface area contributed by atoms with Crippen molar-refractivity contribution in [3.05, 3.63) is 10.1 Å². The van der Waals surface area contributed by atoms with Crippen LogP contribution in [0, 0.1) is 57.0 Å². The normalized spacial score (nSPS) is 51.2. The zero-order chi connectivity index (χ0) is 18.1. The van der Waals surface area contributed by atoms with Gasteiger partial charge in [-0.05, 0) is 61.2 Å². The molecule has 5 heteroatoms. The summed E-state index contributed by atoms with van der Waals surface area (Å²) in [7, 11) is 1.37. The summed E-state index contributed by atoms with van der Waals surface area (Å²) in [5, 5.41) is 12.6. The van der Waals surface area contributed by atoms with E-state index >= 15 is 0 Å². The molecule has 7 atom stereocenters. The minimum atomic E-state index is -0.980. The number of hydrogen-bond acceptors (Lipinski definition) is 4. The van der Waals surface area contributed by atoms with Crippen LogP contribution >= 0.6 is 0 Å². The van der Waals surface area contributed by atoms with E-state index in [2.05, 4.69) is 13.8 Å². The third-order valence-corrected chi connectivity index (χ3v) is 9.14. The minimum Gasteiger partial charge on any atom is -0.469 e. The van der Waals surface area contributed by atoms with Crippen LogP contribution in [0.15, 0.2) is 0 Å². The Morgan fingerprint density at radius 2 is 1.96 bits per heavy atom. The third kappa shape index (κ3) is 1.98. The number of ether oxygens (including phenoxy) is 1. The molecule has 5 rings (SSSR count). The van der Waals surface area contributed by atoms with Gasteiger partial charge in [0.15, 0.2) is 0 Å². The highest BCUT2D eigenvalue weighted by Crippen LogP contribution is 2.75. The van der Waals surface area contributed by atoms with Crippen LogP contribution < -0.4 is 0 Å². The minimum absolute atomic E-state index is 0.0237. The third-order valence-electron chi connectivity index (χ3n) is 9.14. The van der Waals surface area contributed by atoms with Gasteiger partial charge in [-0.15, -0.1) is 0 Å². The maximum absolute atomic E-state index is 12.6. The molecule has 0 heterocycles. The van der Waals surface area contributed by atoms with Crippen molar-refractivity contribution in [2.45, 2.75) is 64.8 Å². The molecule has 4 bridgehead atoms. The van der Waals surface area contributed by atoms with E-state index in [1.807, 2.05) is 6.92 Å². The Labute approximate surface area is 150 Å². The molecule has 0 radical (unpaired) electrons. The Kier molecular flexibility index (Phi) is 3.76. The maximum Gasteiger partial charge on any atom is 0.306 e. The molecule has 5 aliphatic rings. The molecule has 25 heavy (non-hydrogen) atoms. The van der Waals surface area contributed by atoms with E-state index < -0.39 is 5.54 Å². The van der Waals surface area contributed by atoms with Gasteiger partial charge in [0.2, 0.25) is 5.54 Å². The number of hydrogen-bond donors (Lipinski definition) is 0. The molecule has 0 aromatic carbocycles. The van der Waals surface area contributed by atoms with E-state index in [-0.39, 0.29) is 40.5 Å². The molecule has 0 N–H and O–H groups in total. The van der Waals surface area contributed by atoms with Crippen LogP contribution in [0.4, 0.5) is 0 Å². The second-order valence-corrected chi connectivity index (χ2v) is 9.71. The van der Waals surface area contributed by atoms with E-state index in [0.717, 1.165) is 24.7 Å². The molecule has 5 aliphatic carbocycles. The van der Waals surface area contributed by atoms with Crippen LogP contribution in [0.3, 0.4) is 0 Å². The lowest BCUT2D eigenvalue weighted by molar-refractivity contribution is -0.619. The smallest absolute Gasteiger partial charge is 0.306 e. The number of rotatable bonds is 4. The lowest BCUT2D eigenvalue weighted by Crippen LogP contribution is -2.73. The summed E-state index contributed by atoms with van der Waals surface area (Å²) in [6.45, 7) is 6.38. The first-order chi connectivity index (χ1) is 11.8. The summed E-state index contributed by atoms with van der Waals surface area (Å²) in [5.74, 6) is 2.32. The van der Waals surface area contributed by atoms with E-state index in [4.69, 9.17) is 4.74 Å². The first-order valence-electron chi connectivity index (χ1n) is 9.98. The lowest BCUT2D eigenvalue weighted by atomic mass is 9.32. The highest BCUT2D eigenvalue weighted by molar-refractivity contribution is 5.69. The quantitative estimate of drug-likeness (QED) is 0.438. The molecular formula is C20H31NO4. The summed E-state index contributed by atoms with van der Waals surface area (Å²) in [6, 6.07) is 0. The molecule has 5 saturated carbocycles. The Bertz CT molecular complexity index is 599. The lowest BCUT2D eigenvalue weighted by Gasteiger charge is -2.72. The number of carbonyl (C=O) groups excluding carboxylic acids is 1. The highest BCUT2D eigenvalue weighted by atomic mass is 16.6. The molecule has 0 aromatic heterocycles. The maximum atomic E-state index is 12.6. The van der Waals surface area contributed by atoms with Gasteiger partial charge in [-0.25, -0.2) is 0 Å². The van der Waals surface area contributed by atoms with Crippen molar-refractivity contribution in [2.24, 2.45) is 46.8 Å². The van der Waals surface area contributed by atoms with Gasteiger partial charge in [-0.2, -0.15) is 0 Å². The van der Waals surface area contributed by atoms with Gasteiger partial charge in [0.1, 0.15) is 0 Å². The number of carbonyl (C=O) groups is 1. The van der Waals surface area contributed by atoms with Crippen LogP contribution in [0.1, 0.15) is 59.3 Å². The van der Waals surface area contributed by atoms with Crippen LogP contribution in [0.25, 0.3) is 0 Å². The van der Waals surface area contributed by atoms with Gasteiger partial charge in [0.05, 0.1) is 13.5 Å². The van der Waals surface area contributed by atoms with Crippen LogP contribution in [-0.4, -0.2) is 23.5 Å². The number of nitro groups is 1. The molecular weight excluding hydrogens is 318 g/mol. The number of nitrogens with zero attached hydrogens (tertiary/aromatic N) is 1. The van der Waals surface area contributed by atoms with Crippen LogP contribution in [0.5, 0.6) is 0 Å². The van der Waals surface area contributed by atoms with Crippen molar-refractivity contribution in [3.63, 3.8) is 0 Å². The number of fused-ring (bicyclic) bond motifs is 1. The van der Waals surface area contributed by atoms with E-state index in [1.54, 1.807) is 0 Å². The van der Waals surface area contributed by atoms with Crippen molar-refractivity contribution < 1.29 is 14.5 Å². The molecule has 140 valence electrons. The van der Waals surface area contributed by atoms with Crippen molar-refractivity contribution in [3.8, 4) is 0 Å². The zero-order valence-corrected chi connectivity index (χ0v) is 15.9. The first-order valence-corrected chi connectivity index (χ1v) is 9.98. The van der Waals surface area contributed by atoms with Gasteiger partial charge in [0, 0.05) is 22.7 Å². The van der Waals surface area contributed by atoms with E-state index in [0.29, 0.717) is 11.8 Å². The van der Waals surface area contributed by atoms with Crippen molar-refractivity contribution in [1.29, 1.82) is 0 Å². The Morgan fingerprint density at radius 3 is 2.56 bits per heavy atom. The molecule has 0 amide bonds. The molecule has 1 spiro atoms. The number of esters is 1. The summed E-state index contributed by atoms with van der Waals surface area (Å²) in [5.41, 5.74) is -0.831. The second-order valence-electron chi connectivity index (χ2n) is 9.71. The fraction of sp³-hybridized carbons (Fsp3) is 0.950. The average Bonchev–Trinajstić information content (AvgIpc) is 2.53. The Balaban J connectivity index is 1.78. The molecule has 7 unspecified atom stereocenters. The van der Waals surface area contributed by atoms with Crippen molar-refractivity contribution >= 4 is 5.97 Å². The molecule has 5 nitrogen and oxygen atoms in total. The highest BCUT2D eigenvalue weighted by Gasteiger charge is 2.75. The second kappa shape index (κ2) is 5.43. The average molecular weight is 349 g/mol. The number of methoxy groups -OCH3 is 1. The topological polar surface area (TPSA) is 69.4 Å². The standard InChI is InChI=1S/C20H31NO4/c1-11-5-15-8-17-16(11)7-14-9-19(17,10-14)13(3)20(15,21(23)24)12(2)6-18(22)25-4/h11-17H,5-10H2,1-4H3. The molecule has 5 fully saturated rings. The Hall–Kier alpha value is -1.13. The van der Waals surface area contributed by atoms with Gasteiger partial charge < -0.3 is 4.74 Å². The van der Waals surface area contributed by atoms with Crippen LogP contribution in [-0.2, 0) is 9.53 Å². The summed E-state index contributed by atoms with van der Waals surface area (Å²) < 4.78 is 4.85. The molecule has 0 saturated heterocycles. The monoisotopic (exact) mass is 349 g/mol. The first kappa shape index (κ1) is 17.3. The Morgan fingerprint density at radius 1 is 1.28 bits per heavy atom. The zero-order valence-electron chi connectivity index (χ0n) is 15.9. The van der Waals surface area contributed by atoms with Gasteiger partial charge in [-0.3, -0.25) is 14.9 Å². The fourth-order valence-corrected chi connectivity index (χ4v) is 8.20. The van der Waals surface area contributed by atoms with Gasteiger partial charge in [0.25, 0.3) is 0 Å². The van der Waals surface area contributed by atoms with Crippen molar-refractivity contribution in [2.75, 3.05) is 7.11 Å². The molecule has 0 aromatic rings. The predicted molar refractivity (Wildman–Crippen MR) is 93.3 cm³/mol. The van der Waals surface area contributed by atoms with E-state index in [1.165, 1.54) is 26.4 Å². The fourth-order valence-electron chi connectivity index (χ4n) is 8.20. The van der Waals surface area contributed by atoms with Gasteiger partial charge in [-0.1, -0.05) is 20.8 Å². The largest absolute Gasteiger partial charge is 0.469 e. The van der Waals surface area contributed by atoms with Crippen LogP contribution in [0.2, 0.25) is 0 Å². The van der Waals surface area contributed by atoms with E-state index in [9.17, 15) is 14.9 Å². The SMILES string of the molecule is COC(=O)CC(C)C1([N+](=O)[O-])C2CC(C)C3CC4CC(C4)(C3C2)C1C. The van der Waals surface area contributed by atoms with Crippen molar-refractivity contribution in [1.82, 2.24) is 0 Å².